The Morgan fingerprint density at radius 2 is 2.12 bits per heavy atom. The average Bonchev–Trinajstić information content (AvgIpc) is 2.94. The molecule has 2 aliphatic heterocycles. The summed E-state index contributed by atoms with van der Waals surface area (Å²) in [6.45, 7) is 2.36. The predicted molar refractivity (Wildman–Crippen MR) is 93.1 cm³/mol. The Bertz CT molecular complexity index is 516. The van der Waals surface area contributed by atoms with Crippen LogP contribution < -0.4 is 5.32 Å². The van der Waals surface area contributed by atoms with Crippen LogP contribution in [0.5, 0.6) is 0 Å². The summed E-state index contributed by atoms with van der Waals surface area (Å²) in [7, 11) is 3.50. The summed E-state index contributed by atoms with van der Waals surface area (Å²) in [6.07, 6.45) is 3.14. The highest BCUT2D eigenvalue weighted by Gasteiger charge is 2.54. The molecule has 7 nitrogen and oxygen atoms in total. The van der Waals surface area contributed by atoms with E-state index in [4.69, 9.17) is 5.11 Å². The zero-order chi connectivity index (χ0) is 17.9. The number of nitrogens with one attached hydrogen (secondary N) is 1. The van der Waals surface area contributed by atoms with Crippen molar-refractivity contribution < 1.29 is 19.5 Å². The smallest absolute Gasteiger partial charge is 0.318 e. The Balaban J connectivity index is 1.70. The second kappa shape index (κ2) is 7.63. The van der Waals surface area contributed by atoms with Gasteiger partial charge in [0, 0.05) is 38.1 Å². The molecule has 3 atom stereocenters. The Kier molecular flexibility index (Phi) is 6.01. The van der Waals surface area contributed by atoms with Gasteiger partial charge in [-0.1, -0.05) is 6.42 Å². The molecule has 0 aromatic rings. The summed E-state index contributed by atoms with van der Waals surface area (Å²) < 4.78 is 0. The van der Waals surface area contributed by atoms with Gasteiger partial charge < -0.3 is 20.2 Å². The standard InChI is InChI=1S/C16H27N3O4S/c1-16-10-24-11(14(16)19(3)15(23)17-16)6-4-5-7-12(20)18(2)9-8-13(21)22/h11,14H,4-10H2,1-3H3,(H,17,23)(H,21,22). The van der Waals surface area contributed by atoms with Crippen molar-refractivity contribution in [2.45, 2.75) is 55.9 Å². The Morgan fingerprint density at radius 3 is 2.79 bits per heavy atom. The number of urea groups is 1. The lowest BCUT2D eigenvalue weighted by atomic mass is 9.91. The number of carboxylic acids is 1. The van der Waals surface area contributed by atoms with Crippen LogP contribution in [0.25, 0.3) is 0 Å². The van der Waals surface area contributed by atoms with E-state index in [-0.39, 0.29) is 36.5 Å². The summed E-state index contributed by atoms with van der Waals surface area (Å²) >= 11 is 1.90. The van der Waals surface area contributed by atoms with E-state index < -0.39 is 5.97 Å². The SMILES string of the molecule is CN(CCC(=O)O)C(=O)CCCCC1SCC2(C)NC(=O)N(C)C12. The van der Waals surface area contributed by atoms with Crippen LogP contribution in [-0.4, -0.2) is 76.0 Å². The van der Waals surface area contributed by atoms with E-state index in [2.05, 4.69) is 12.2 Å². The maximum atomic E-state index is 11.9. The number of nitrogens with zero attached hydrogens (tertiary/aromatic N) is 2. The number of carbonyl (C=O) groups excluding carboxylic acids is 2. The monoisotopic (exact) mass is 357 g/mol. The second-order valence-corrected chi connectivity index (χ2v) is 8.19. The van der Waals surface area contributed by atoms with Crippen LogP contribution in [0.4, 0.5) is 4.79 Å². The molecule has 136 valence electrons. The largest absolute Gasteiger partial charge is 0.481 e. The molecule has 24 heavy (non-hydrogen) atoms. The normalized spacial score (nSPS) is 28.6. The summed E-state index contributed by atoms with van der Waals surface area (Å²) in [4.78, 5) is 37.6. The minimum absolute atomic E-state index is 0.00281. The van der Waals surface area contributed by atoms with E-state index in [0.717, 1.165) is 25.0 Å². The highest BCUT2D eigenvalue weighted by molar-refractivity contribution is 8.00. The van der Waals surface area contributed by atoms with Crippen molar-refractivity contribution in [1.29, 1.82) is 0 Å². The number of hydrogen-bond donors (Lipinski definition) is 2. The van der Waals surface area contributed by atoms with Crippen LogP contribution >= 0.6 is 11.8 Å². The van der Waals surface area contributed by atoms with Gasteiger partial charge in [0.1, 0.15) is 0 Å². The molecule has 0 aromatic heterocycles. The molecule has 0 aromatic carbocycles. The van der Waals surface area contributed by atoms with E-state index in [9.17, 15) is 14.4 Å². The number of rotatable bonds is 8. The quantitative estimate of drug-likeness (QED) is 0.506. The van der Waals surface area contributed by atoms with Crippen LogP contribution in [0.3, 0.4) is 0 Å². The summed E-state index contributed by atoms with van der Waals surface area (Å²) in [5.74, 6) is 0.0321. The lowest BCUT2D eigenvalue weighted by Crippen LogP contribution is -2.48. The van der Waals surface area contributed by atoms with Gasteiger partial charge in [-0.05, 0) is 19.8 Å². The molecule has 2 saturated heterocycles. The third kappa shape index (κ3) is 4.15. The summed E-state index contributed by atoms with van der Waals surface area (Å²) in [5, 5.41) is 12.1. The van der Waals surface area contributed by atoms with Gasteiger partial charge in [-0.3, -0.25) is 9.59 Å². The van der Waals surface area contributed by atoms with Gasteiger partial charge in [-0.2, -0.15) is 11.8 Å². The molecule has 0 spiro atoms. The van der Waals surface area contributed by atoms with Crippen molar-refractivity contribution in [1.82, 2.24) is 15.1 Å². The maximum Gasteiger partial charge on any atom is 0.318 e. The molecule has 2 aliphatic rings. The molecule has 0 radical (unpaired) electrons. The first-order chi connectivity index (χ1) is 11.2. The fourth-order valence-electron chi connectivity index (χ4n) is 3.55. The van der Waals surface area contributed by atoms with Gasteiger partial charge in [0.05, 0.1) is 18.0 Å². The number of carbonyl (C=O) groups is 3. The molecule has 0 aliphatic carbocycles. The van der Waals surface area contributed by atoms with E-state index in [1.54, 1.807) is 7.05 Å². The molecule has 3 unspecified atom stereocenters. The molecular weight excluding hydrogens is 330 g/mol. The number of carboxylic acid groups (broad SMARTS) is 1. The molecule has 2 rings (SSSR count). The number of fused-ring (bicyclic) bond motifs is 1. The average molecular weight is 357 g/mol. The van der Waals surface area contributed by atoms with Crippen LogP contribution in [0.2, 0.25) is 0 Å². The molecule has 0 saturated carbocycles. The van der Waals surface area contributed by atoms with Gasteiger partial charge in [0.2, 0.25) is 5.91 Å². The number of unbranched alkanes of at least 4 members (excludes halogenated alkanes) is 1. The minimum Gasteiger partial charge on any atom is -0.481 e. The van der Waals surface area contributed by atoms with Gasteiger partial charge in [-0.15, -0.1) is 0 Å². The first kappa shape index (κ1) is 18.9. The van der Waals surface area contributed by atoms with Gasteiger partial charge in [0.25, 0.3) is 0 Å². The molecular formula is C16H27N3O4S. The second-order valence-electron chi connectivity index (χ2n) is 6.96. The third-order valence-corrected chi connectivity index (χ3v) is 6.64. The van der Waals surface area contributed by atoms with Crippen molar-refractivity contribution in [2.75, 3.05) is 26.4 Å². The first-order valence-electron chi connectivity index (χ1n) is 8.37. The Labute approximate surface area is 147 Å². The van der Waals surface area contributed by atoms with Crippen molar-refractivity contribution >= 4 is 29.7 Å². The number of amides is 3. The molecule has 3 amide bonds. The molecule has 8 heteroatoms. The number of thioether (sulfide) groups is 1. The zero-order valence-electron chi connectivity index (χ0n) is 14.6. The van der Waals surface area contributed by atoms with Crippen LogP contribution in [0, 0.1) is 0 Å². The van der Waals surface area contributed by atoms with Crippen LogP contribution in [-0.2, 0) is 9.59 Å². The third-order valence-electron chi connectivity index (χ3n) is 4.95. The molecule has 2 N–H and O–H groups in total. The van der Waals surface area contributed by atoms with E-state index in [1.807, 2.05) is 23.7 Å². The van der Waals surface area contributed by atoms with E-state index >= 15 is 0 Å². The van der Waals surface area contributed by atoms with Crippen molar-refractivity contribution in [3.05, 3.63) is 0 Å². The van der Waals surface area contributed by atoms with Crippen LogP contribution in [0.15, 0.2) is 0 Å². The molecule has 2 heterocycles. The van der Waals surface area contributed by atoms with Crippen molar-refractivity contribution in [2.24, 2.45) is 0 Å². The highest BCUT2D eigenvalue weighted by atomic mass is 32.2. The van der Waals surface area contributed by atoms with Gasteiger partial charge in [-0.25, -0.2) is 4.79 Å². The highest BCUT2D eigenvalue weighted by Crippen LogP contribution is 2.43. The lowest BCUT2D eigenvalue weighted by Gasteiger charge is -2.28. The Hall–Kier alpha value is -1.44. The number of aliphatic carboxylic acids is 1. The van der Waals surface area contributed by atoms with Crippen molar-refractivity contribution in [3.8, 4) is 0 Å². The zero-order valence-corrected chi connectivity index (χ0v) is 15.4. The number of likely N-dealkylation sites (N-methyl/N-ethyl adjacent to an activating group) is 1. The first-order valence-corrected chi connectivity index (χ1v) is 9.42. The van der Waals surface area contributed by atoms with Crippen LogP contribution in [0.1, 0.15) is 39.0 Å². The topological polar surface area (TPSA) is 90.0 Å². The Morgan fingerprint density at radius 1 is 1.42 bits per heavy atom. The summed E-state index contributed by atoms with van der Waals surface area (Å²) in [5.41, 5.74) is -0.145. The predicted octanol–water partition coefficient (Wildman–Crippen LogP) is 1.38. The minimum atomic E-state index is -0.889. The fraction of sp³-hybridized carbons (Fsp3) is 0.812. The lowest BCUT2D eigenvalue weighted by molar-refractivity contribution is -0.138. The van der Waals surface area contributed by atoms with Crippen molar-refractivity contribution in [3.63, 3.8) is 0 Å². The fourth-order valence-corrected chi connectivity index (χ4v) is 5.36. The molecule has 2 fully saturated rings. The van der Waals surface area contributed by atoms with Gasteiger partial charge in [0.15, 0.2) is 0 Å². The van der Waals surface area contributed by atoms with E-state index in [1.165, 1.54) is 4.90 Å². The molecule has 0 bridgehead atoms. The summed E-state index contributed by atoms with van der Waals surface area (Å²) in [6, 6.07) is 0.215. The maximum absolute atomic E-state index is 11.9. The number of hydrogen-bond acceptors (Lipinski definition) is 4. The van der Waals surface area contributed by atoms with Gasteiger partial charge >= 0.3 is 12.0 Å². The van der Waals surface area contributed by atoms with E-state index in [0.29, 0.717) is 11.7 Å².